The summed E-state index contributed by atoms with van der Waals surface area (Å²) in [5, 5.41) is 58.3. The Hall–Kier alpha value is -5.04. The Morgan fingerprint density at radius 1 is 0.474 bits per heavy atom. The van der Waals surface area contributed by atoms with Gasteiger partial charge in [0.2, 0.25) is 0 Å². The van der Waals surface area contributed by atoms with Gasteiger partial charge in [0.15, 0.2) is 17.3 Å². The molecule has 0 fully saturated rings. The molecule has 12 heteroatoms. The van der Waals surface area contributed by atoms with Gasteiger partial charge in [-0.3, -0.25) is 14.4 Å². The number of aliphatic hydroxyl groups is 3. The van der Waals surface area contributed by atoms with Gasteiger partial charge in [-0.15, -0.1) is 0 Å². The Labute approximate surface area is 335 Å². The van der Waals surface area contributed by atoms with Crippen LogP contribution in [0.2, 0.25) is 0 Å². The Morgan fingerprint density at radius 3 is 0.825 bits per heavy atom. The van der Waals surface area contributed by atoms with Gasteiger partial charge in [0.25, 0.3) is 0 Å². The van der Waals surface area contributed by atoms with Crippen LogP contribution in [0.15, 0.2) is 106 Å². The van der Waals surface area contributed by atoms with Gasteiger partial charge in [0.1, 0.15) is 16.8 Å². The molecular weight excluding hydrogens is 732 g/mol. The fourth-order valence-electron chi connectivity index (χ4n) is 7.08. The number of carboxylic acid groups (broad SMARTS) is 3. The van der Waals surface area contributed by atoms with Crippen LogP contribution in [0.4, 0.5) is 0 Å². The second-order valence-corrected chi connectivity index (χ2v) is 17.0. The summed E-state index contributed by atoms with van der Waals surface area (Å²) in [5.74, 6) is -3.09. The topological polar surface area (TPSA) is 224 Å². The fourth-order valence-corrected chi connectivity index (χ4v) is 7.08. The van der Waals surface area contributed by atoms with E-state index in [1.807, 2.05) is 41.5 Å². The van der Waals surface area contributed by atoms with Crippen molar-refractivity contribution in [1.82, 2.24) is 0 Å². The number of hydrogen-bond donors (Lipinski definition) is 6. The Balaban J connectivity index is 0.000000427. The van der Waals surface area contributed by atoms with E-state index in [1.54, 1.807) is 78.0 Å². The van der Waals surface area contributed by atoms with Crippen LogP contribution in [0.5, 0.6) is 0 Å². The van der Waals surface area contributed by atoms with Gasteiger partial charge in [-0.1, -0.05) is 59.8 Å². The fraction of sp³-hybridized carbons (Fsp3) is 0.467. The predicted molar refractivity (Wildman–Crippen MR) is 218 cm³/mol. The molecule has 0 heterocycles. The third kappa shape index (κ3) is 13.0. The second-order valence-electron chi connectivity index (χ2n) is 17.0. The first-order chi connectivity index (χ1) is 25.7. The Bertz CT molecular complexity index is 1700. The second kappa shape index (κ2) is 18.9. The van der Waals surface area contributed by atoms with Crippen molar-refractivity contribution >= 4 is 35.3 Å². The minimum atomic E-state index is -1.24. The highest BCUT2D eigenvalue weighted by Crippen LogP contribution is 2.46. The van der Waals surface area contributed by atoms with Crippen LogP contribution in [0, 0.1) is 16.2 Å². The van der Waals surface area contributed by atoms with Crippen molar-refractivity contribution in [3.63, 3.8) is 0 Å². The zero-order chi connectivity index (χ0) is 44.5. The first kappa shape index (κ1) is 50.0. The third-order valence-corrected chi connectivity index (χ3v) is 10.7. The van der Waals surface area contributed by atoms with E-state index in [-0.39, 0.29) is 36.6 Å². The van der Waals surface area contributed by atoms with Gasteiger partial charge in [0.05, 0.1) is 0 Å². The smallest absolute Gasteiger partial charge is 0.328 e. The predicted octanol–water partition coefficient (Wildman–Crippen LogP) is 6.75. The largest absolute Gasteiger partial charge is 0.478 e. The molecule has 0 amide bonds. The van der Waals surface area contributed by atoms with Crippen molar-refractivity contribution < 1.29 is 59.4 Å². The average Bonchev–Trinajstić information content (AvgIpc) is 3.01. The minimum Gasteiger partial charge on any atom is -0.478 e. The van der Waals surface area contributed by atoms with Gasteiger partial charge in [0, 0.05) is 53.7 Å². The van der Waals surface area contributed by atoms with Crippen LogP contribution in [0.1, 0.15) is 102 Å². The highest BCUT2D eigenvalue weighted by molar-refractivity contribution is 5.94. The number of carboxylic acids is 3. The molecule has 0 saturated heterocycles. The normalized spacial score (nSPS) is 27.5. The molecule has 12 nitrogen and oxygen atoms in total. The maximum absolute atomic E-state index is 11.6. The summed E-state index contributed by atoms with van der Waals surface area (Å²) in [5.41, 5.74) is -2.27. The number of aliphatic carboxylic acids is 3. The first-order valence-electron chi connectivity index (χ1n) is 18.4. The quantitative estimate of drug-likeness (QED) is 0.105. The van der Waals surface area contributed by atoms with Gasteiger partial charge in [-0.2, -0.15) is 0 Å². The van der Waals surface area contributed by atoms with Crippen LogP contribution >= 0.6 is 0 Å². The molecule has 0 aromatic rings. The van der Waals surface area contributed by atoms with Crippen molar-refractivity contribution in [2.45, 2.75) is 119 Å². The first-order valence-corrected chi connectivity index (χ1v) is 18.4. The Morgan fingerprint density at radius 2 is 0.667 bits per heavy atom. The summed E-state index contributed by atoms with van der Waals surface area (Å²) in [4.78, 5) is 66.3. The molecule has 0 aromatic heterocycles. The van der Waals surface area contributed by atoms with E-state index in [0.717, 1.165) is 18.2 Å². The molecule has 0 radical (unpaired) electrons. The number of hydrogen-bond acceptors (Lipinski definition) is 9. The van der Waals surface area contributed by atoms with Crippen molar-refractivity contribution in [2.75, 3.05) is 0 Å². The molecule has 0 saturated carbocycles. The van der Waals surface area contributed by atoms with Crippen molar-refractivity contribution in [3.8, 4) is 0 Å². The van der Waals surface area contributed by atoms with Crippen LogP contribution in [0.25, 0.3) is 0 Å². The molecule has 3 atom stereocenters. The van der Waals surface area contributed by atoms with Crippen molar-refractivity contribution in [3.05, 3.63) is 106 Å². The number of rotatable bonds is 9. The number of carbonyl (C=O) groups is 6. The molecule has 3 aliphatic carbocycles. The van der Waals surface area contributed by atoms with Crippen LogP contribution in [-0.4, -0.2) is 82.7 Å². The van der Waals surface area contributed by atoms with E-state index >= 15 is 0 Å². The lowest BCUT2D eigenvalue weighted by atomic mass is 9.64. The maximum atomic E-state index is 11.6. The molecule has 0 bridgehead atoms. The molecule has 3 aliphatic rings. The van der Waals surface area contributed by atoms with E-state index in [1.165, 1.54) is 18.2 Å². The molecule has 0 aliphatic heterocycles. The lowest BCUT2D eigenvalue weighted by Crippen LogP contribution is -2.48. The molecular formula is C45H60O12. The highest BCUT2D eigenvalue weighted by atomic mass is 16.4. The van der Waals surface area contributed by atoms with Gasteiger partial charge in [-0.25, -0.2) is 14.4 Å². The molecule has 312 valence electrons. The van der Waals surface area contributed by atoms with Crippen LogP contribution in [0.3, 0.4) is 0 Å². The third-order valence-electron chi connectivity index (χ3n) is 10.7. The molecule has 0 aromatic carbocycles. The zero-order valence-corrected chi connectivity index (χ0v) is 35.2. The standard InChI is InChI=1S/3C15H20O4/c3*1-10(7-13(17)18)5-6-15(19)11(2)8-12(16)9-14(15,3)4/h3*5-8,19H,9H2,1-4H3,(H,17,18)/b6-5?,10-7+;2*6-5+,10-7-/t;2*15-/m.10/s1. The molecule has 57 heavy (non-hydrogen) atoms. The van der Waals surface area contributed by atoms with Gasteiger partial charge < -0.3 is 30.6 Å². The van der Waals surface area contributed by atoms with Crippen molar-refractivity contribution in [1.29, 1.82) is 0 Å². The summed E-state index contributed by atoms with van der Waals surface area (Å²) in [6.07, 6.45) is 17.8. The van der Waals surface area contributed by atoms with Crippen LogP contribution in [-0.2, 0) is 28.8 Å². The van der Waals surface area contributed by atoms with Gasteiger partial charge in [-0.05, 0) is 111 Å². The van der Waals surface area contributed by atoms with E-state index < -0.39 is 51.0 Å². The zero-order valence-electron chi connectivity index (χ0n) is 35.2. The van der Waals surface area contributed by atoms with Gasteiger partial charge >= 0.3 is 17.9 Å². The Kier molecular flexibility index (Phi) is 16.6. The minimum absolute atomic E-state index is 0.00150. The summed E-state index contributed by atoms with van der Waals surface area (Å²) in [7, 11) is 0. The highest BCUT2D eigenvalue weighted by Gasteiger charge is 2.48. The lowest BCUT2D eigenvalue weighted by molar-refractivity contribution is -0.132. The van der Waals surface area contributed by atoms with E-state index in [0.29, 0.717) is 33.4 Å². The summed E-state index contributed by atoms with van der Waals surface area (Å²) in [6.45, 7) is 21.0. The van der Waals surface area contributed by atoms with E-state index in [9.17, 15) is 44.1 Å². The van der Waals surface area contributed by atoms with E-state index in [2.05, 4.69) is 0 Å². The summed E-state index contributed by atoms with van der Waals surface area (Å²) < 4.78 is 0. The molecule has 1 unspecified atom stereocenters. The number of ketones is 3. The maximum Gasteiger partial charge on any atom is 0.328 e. The summed E-state index contributed by atoms with van der Waals surface area (Å²) >= 11 is 0. The molecule has 3 rings (SSSR count). The molecule has 6 N–H and O–H groups in total. The summed E-state index contributed by atoms with van der Waals surface area (Å²) in [6, 6.07) is 0. The van der Waals surface area contributed by atoms with E-state index in [4.69, 9.17) is 15.3 Å². The number of carbonyl (C=O) groups excluding carboxylic acids is 3. The monoisotopic (exact) mass is 792 g/mol. The average molecular weight is 793 g/mol. The van der Waals surface area contributed by atoms with Crippen LogP contribution < -0.4 is 0 Å². The molecule has 0 spiro atoms. The lowest BCUT2D eigenvalue weighted by Gasteiger charge is -2.44. The SMILES string of the molecule is CC1=CC(=O)CC(C)(C)C1(O)C=C/C(C)=C/C(=O)O.CC1=CC(=O)CC(C)(C)[C@@]1(O)/C=C/C(C)=C\C(=O)O.CC1=CC(=O)CC(C)(C)[C@]1(O)/C=C/C(C)=C\C(=O)O. The number of allylic oxidation sites excluding steroid dienone is 9. The van der Waals surface area contributed by atoms with Crippen molar-refractivity contribution in [2.24, 2.45) is 16.2 Å².